The van der Waals surface area contributed by atoms with E-state index in [2.05, 4.69) is 5.32 Å². The first-order chi connectivity index (χ1) is 12.3. The van der Waals surface area contributed by atoms with Crippen LogP contribution in [-0.4, -0.2) is 38.8 Å². The molecule has 2 aromatic carbocycles. The molecule has 2 rings (SSSR count). The molecule has 0 fully saturated rings. The van der Waals surface area contributed by atoms with Gasteiger partial charge in [0.1, 0.15) is 5.75 Å². The van der Waals surface area contributed by atoms with Crippen LogP contribution in [0, 0.1) is 13.8 Å². The molecule has 0 atom stereocenters. The topological polar surface area (TPSA) is 75.7 Å². The van der Waals surface area contributed by atoms with Gasteiger partial charge in [-0.1, -0.05) is 24.3 Å². The summed E-state index contributed by atoms with van der Waals surface area (Å²) < 4.78 is 32.1. The molecule has 1 N–H and O–H groups in total. The predicted octanol–water partition coefficient (Wildman–Crippen LogP) is 2.96. The number of nitrogens with one attached hydrogen (secondary N) is 1. The van der Waals surface area contributed by atoms with E-state index >= 15 is 0 Å². The average Bonchev–Trinajstić information content (AvgIpc) is 2.58. The van der Waals surface area contributed by atoms with E-state index in [4.69, 9.17) is 4.74 Å². The molecule has 0 bridgehead atoms. The Labute approximate surface area is 154 Å². The molecule has 1 amide bonds. The molecule has 0 aliphatic rings. The number of sulfonamides is 1. The number of benzene rings is 2. The first-order valence-electron chi connectivity index (χ1n) is 8.31. The van der Waals surface area contributed by atoms with E-state index in [0.717, 1.165) is 9.87 Å². The van der Waals surface area contributed by atoms with Gasteiger partial charge >= 0.3 is 0 Å². The second kappa shape index (κ2) is 8.33. The van der Waals surface area contributed by atoms with Gasteiger partial charge in [0.05, 0.1) is 23.7 Å². The molecule has 0 saturated heterocycles. The molecule has 7 heteroatoms. The van der Waals surface area contributed by atoms with Crippen LogP contribution in [0.15, 0.2) is 47.4 Å². The van der Waals surface area contributed by atoms with Crippen molar-refractivity contribution >= 4 is 21.6 Å². The molecule has 0 aromatic heterocycles. The number of rotatable bonds is 7. The Bertz CT molecular complexity index is 894. The van der Waals surface area contributed by atoms with Crippen LogP contribution in [0.5, 0.6) is 5.75 Å². The fraction of sp³-hybridized carbons (Fsp3) is 0.316. The van der Waals surface area contributed by atoms with Gasteiger partial charge in [0.2, 0.25) is 15.9 Å². The lowest BCUT2D eigenvalue weighted by molar-refractivity contribution is -0.116. The van der Waals surface area contributed by atoms with E-state index in [1.807, 2.05) is 19.9 Å². The zero-order valence-electron chi connectivity index (χ0n) is 15.4. The molecule has 6 nitrogen and oxygen atoms in total. The smallest absolute Gasteiger partial charge is 0.243 e. The van der Waals surface area contributed by atoms with Crippen molar-refractivity contribution < 1.29 is 17.9 Å². The van der Waals surface area contributed by atoms with Crippen LogP contribution in [-0.2, 0) is 14.8 Å². The Balaban J connectivity index is 2.15. The number of ether oxygens (including phenoxy) is 1. The molecule has 0 unspecified atom stereocenters. The van der Waals surface area contributed by atoms with Crippen molar-refractivity contribution in [3.63, 3.8) is 0 Å². The number of nitrogens with zero attached hydrogens (tertiary/aromatic N) is 1. The molecule has 0 saturated carbocycles. The van der Waals surface area contributed by atoms with E-state index < -0.39 is 15.9 Å². The van der Waals surface area contributed by atoms with Crippen LogP contribution >= 0.6 is 0 Å². The molecule has 0 radical (unpaired) electrons. The average molecular weight is 376 g/mol. The first kappa shape index (κ1) is 19.9. The van der Waals surface area contributed by atoms with E-state index in [0.29, 0.717) is 23.6 Å². The lowest BCUT2D eigenvalue weighted by Gasteiger charge is -2.19. The highest BCUT2D eigenvalue weighted by molar-refractivity contribution is 7.89. The summed E-state index contributed by atoms with van der Waals surface area (Å²) in [6.07, 6.45) is 0. The number of carbonyl (C=O) groups is 1. The highest BCUT2D eigenvalue weighted by atomic mass is 32.2. The minimum atomic E-state index is -3.76. The van der Waals surface area contributed by atoms with Crippen LogP contribution < -0.4 is 10.1 Å². The fourth-order valence-electron chi connectivity index (χ4n) is 2.48. The number of anilines is 1. The summed E-state index contributed by atoms with van der Waals surface area (Å²) in [6.45, 7) is 5.58. The van der Waals surface area contributed by atoms with E-state index in [1.165, 1.54) is 7.05 Å². The van der Waals surface area contributed by atoms with Gasteiger partial charge in [0, 0.05) is 7.05 Å². The SMILES string of the molecule is CCOc1ccccc1NC(=O)CN(C)S(=O)(=O)c1cc(C)ccc1C. The molecular weight excluding hydrogens is 352 g/mol. The minimum Gasteiger partial charge on any atom is -0.492 e. The number of likely N-dealkylation sites (N-methyl/N-ethyl adjacent to an activating group) is 1. The Hall–Kier alpha value is -2.38. The van der Waals surface area contributed by atoms with Gasteiger partial charge in [-0.2, -0.15) is 4.31 Å². The van der Waals surface area contributed by atoms with Gasteiger partial charge in [0.25, 0.3) is 0 Å². The zero-order chi connectivity index (χ0) is 19.3. The summed E-state index contributed by atoms with van der Waals surface area (Å²) in [7, 11) is -2.36. The van der Waals surface area contributed by atoms with Crippen LogP contribution in [0.1, 0.15) is 18.1 Å². The molecule has 26 heavy (non-hydrogen) atoms. The molecule has 0 aliphatic heterocycles. The van der Waals surface area contributed by atoms with Crippen LogP contribution in [0.25, 0.3) is 0 Å². The summed E-state index contributed by atoms with van der Waals surface area (Å²) in [5, 5.41) is 2.71. The van der Waals surface area contributed by atoms with Gasteiger partial charge in [-0.3, -0.25) is 4.79 Å². The number of amides is 1. The lowest BCUT2D eigenvalue weighted by Crippen LogP contribution is -2.35. The van der Waals surface area contributed by atoms with E-state index in [9.17, 15) is 13.2 Å². The number of aryl methyl sites for hydroxylation is 2. The van der Waals surface area contributed by atoms with Crippen molar-refractivity contribution in [3.8, 4) is 5.75 Å². The Morgan fingerprint density at radius 1 is 1.15 bits per heavy atom. The highest BCUT2D eigenvalue weighted by Crippen LogP contribution is 2.24. The van der Waals surface area contributed by atoms with Gasteiger partial charge in [-0.05, 0) is 50.1 Å². The second-order valence-electron chi connectivity index (χ2n) is 6.01. The van der Waals surface area contributed by atoms with Crippen molar-refractivity contribution in [3.05, 3.63) is 53.6 Å². The second-order valence-corrected chi connectivity index (χ2v) is 8.02. The van der Waals surface area contributed by atoms with Gasteiger partial charge in [-0.25, -0.2) is 8.42 Å². The monoisotopic (exact) mass is 376 g/mol. The zero-order valence-corrected chi connectivity index (χ0v) is 16.3. The minimum absolute atomic E-state index is 0.211. The quantitative estimate of drug-likeness (QED) is 0.806. The first-order valence-corrected chi connectivity index (χ1v) is 9.75. The lowest BCUT2D eigenvalue weighted by atomic mass is 10.2. The Morgan fingerprint density at radius 2 is 1.85 bits per heavy atom. The molecule has 0 spiro atoms. The Morgan fingerprint density at radius 3 is 2.54 bits per heavy atom. The summed E-state index contributed by atoms with van der Waals surface area (Å²) in [4.78, 5) is 12.5. The standard InChI is InChI=1S/C19H24N2O4S/c1-5-25-17-9-7-6-8-16(17)20-19(22)13-21(4)26(23,24)18-12-14(2)10-11-15(18)3/h6-12H,5,13H2,1-4H3,(H,20,22). The maximum Gasteiger partial charge on any atom is 0.243 e. The molecule has 0 heterocycles. The van der Waals surface area contributed by atoms with Crippen LogP contribution in [0.4, 0.5) is 5.69 Å². The number of hydrogen-bond acceptors (Lipinski definition) is 4. The molecule has 140 valence electrons. The van der Waals surface area contributed by atoms with E-state index in [1.54, 1.807) is 43.3 Å². The summed E-state index contributed by atoms with van der Waals surface area (Å²) in [5.74, 6) is 0.108. The largest absolute Gasteiger partial charge is 0.492 e. The van der Waals surface area contributed by atoms with Crippen molar-refractivity contribution in [1.29, 1.82) is 0 Å². The number of carbonyl (C=O) groups excluding carboxylic acids is 1. The van der Waals surface area contributed by atoms with Crippen molar-refractivity contribution in [2.24, 2.45) is 0 Å². The maximum atomic E-state index is 12.8. The van der Waals surface area contributed by atoms with Gasteiger partial charge < -0.3 is 10.1 Å². The highest BCUT2D eigenvalue weighted by Gasteiger charge is 2.25. The molecule has 2 aromatic rings. The van der Waals surface area contributed by atoms with Gasteiger partial charge in [0.15, 0.2) is 0 Å². The summed E-state index contributed by atoms with van der Waals surface area (Å²) >= 11 is 0. The molecule has 0 aliphatic carbocycles. The normalized spacial score (nSPS) is 11.4. The fourth-order valence-corrected chi connectivity index (χ4v) is 3.91. The van der Waals surface area contributed by atoms with Crippen LogP contribution in [0.2, 0.25) is 0 Å². The van der Waals surface area contributed by atoms with Crippen LogP contribution in [0.3, 0.4) is 0 Å². The van der Waals surface area contributed by atoms with E-state index in [-0.39, 0.29) is 11.4 Å². The van der Waals surface area contributed by atoms with Gasteiger partial charge in [-0.15, -0.1) is 0 Å². The summed E-state index contributed by atoms with van der Waals surface area (Å²) in [5.41, 5.74) is 2.00. The third kappa shape index (κ3) is 4.62. The predicted molar refractivity (Wildman–Crippen MR) is 102 cm³/mol. The number of hydrogen-bond donors (Lipinski definition) is 1. The Kier molecular flexibility index (Phi) is 6.39. The summed E-state index contributed by atoms with van der Waals surface area (Å²) in [6, 6.07) is 12.3. The van der Waals surface area contributed by atoms with Crippen molar-refractivity contribution in [2.45, 2.75) is 25.7 Å². The van der Waals surface area contributed by atoms with Crippen molar-refractivity contribution in [1.82, 2.24) is 4.31 Å². The number of para-hydroxylation sites is 2. The van der Waals surface area contributed by atoms with Crippen molar-refractivity contribution in [2.75, 3.05) is 25.5 Å². The third-order valence-electron chi connectivity index (χ3n) is 3.86. The molecular formula is C19H24N2O4S. The third-order valence-corrected chi connectivity index (χ3v) is 5.80. The maximum absolute atomic E-state index is 12.8.